The molecule has 1 aliphatic heterocycles. The Morgan fingerprint density at radius 2 is 1.85 bits per heavy atom. The number of hydrogen-bond acceptors (Lipinski definition) is 4. The van der Waals surface area contributed by atoms with Crippen LogP contribution in [0.25, 0.3) is 5.76 Å². The van der Waals surface area contributed by atoms with Crippen molar-refractivity contribution in [2.45, 2.75) is 32.6 Å². The first kappa shape index (κ1) is 22.6. The van der Waals surface area contributed by atoms with Crippen molar-refractivity contribution in [2.75, 3.05) is 4.90 Å². The van der Waals surface area contributed by atoms with E-state index < -0.39 is 5.92 Å². The molecule has 0 spiro atoms. The van der Waals surface area contributed by atoms with Crippen LogP contribution in [-0.2, 0) is 4.79 Å². The Bertz CT molecular complexity index is 1340. The summed E-state index contributed by atoms with van der Waals surface area (Å²) in [4.78, 5) is 16.5. The van der Waals surface area contributed by atoms with Crippen LogP contribution in [0.5, 0.6) is 0 Å². The van der Waals surface area contributed by atoms with Gasteiger partial charge in [-0.3, -0.25) is 15.1 Å². The van der Waals surface area contributed by atoms with Crippen LogP contribution in [0.4, 0.5) is 5.69 Å². The van der Waals surface area contributed by atoms with E-state index in [-0.39, 0.29) is 22.8 Å². The normalized spacial score (nSPS) is 21.5. The third-order valence-corrected chi connectivity index (χ3v) is 7.59. The van der Waals surface area contributed by atoms with E-state index in [1.807, 2.05) is 60.0 Å². The van der Waals surface area contributed by atoms with Gasteiger partial charge >= 0.3 is 0 Å². The zero-order chi connectivity index (χ0) is 24.0. The molecule has 0 bridgehead atoms. The molecule has 1 aromatic heterocycles. The standard InChI is InChI=1S/C28H25ClN2O2S/c1-28(2)15-20-23(21(32)16-28)24(22-12-7-13-34-22)25(26(33)17-8-4-3-5-9-17)27(30)31(20)19-11-6-10-18(29)14-19/h3-14,24,30,33H,15-16H2,1-2H3/b26-25+,30-27?. The molecule has 2 aromatic carbocycles. The minimum atomic E-state index is -0.498. The molecule has 0 saturated heterocycles. The summed E-state index contributed by atoms with van der Waals surface area (Å²) >= 11 is 7.87. The van der Waals surface area contributed by atoms with E-state index in [1.54, 1.807) is 17.0 Å². The summed E-state index contributed by atoms with van der Waals surface area (Å²) < 4.78 is 0. The zero-order valence-corrected chi connectivity index (χ0v) is 20.6. The quantitative estimate of drug-likeness (QED) is 0.373. The fourth-order valence-corrected chi connectivity index (χ4v) is 6.03. The Balaban J connectivity index is 1.85. The third kappa shape index (κ3) is 3.89. The first-order valence-electron chi connectivity index (χ1n) is 11.2. The van der Waals surface area contributed by atoms with Crippen LogP contribution in [0.2, 0.25) is 5.02 Å². The Labute approximate surface area is 208 Å². The molecule has 0 radical (unpaired) electrons. The van der Waals surface area contributed by atoms with Gasteiger partial charge in [0.25, 0.3) is 0 Å². The summed E-state index contributed by atoms with van der Waals surface area (Å²) in [6.45, 7) is 4.17. The van der Waals surface area contributed by atoms with Crippen LogP contribution in [0.3, 0.4) is 0 Å². The number of rotatable bonds is 3. The lowest BCUT2D eigenvalue weighted by Gasteiger charge is -2.45. The Morgan fingerprint density at radius 3 is 2.53 bits per heavy atom. The van der Waals surface area contributed by atoms with Crippen LogP contribution in [-0.4, -0.2) is 16.7 Å². The minimum absolute atomic E-state index is 0.0141. The molecule has 2 N–H and O–H groups in total. The van der Waals surface area contributed by atoms with E-state index in [2.05, 4.69) is 13.8 Å². The van der Waals surface area contributed by atoms with Gasteiger partial charge in [-0.05, 0) is 41.5 Å². The highest BCUT2D eigenvalue weighted by Gasteiger charge is 2.47. The molecule has 2 aliphatic rings. The number of aliphatic hydroxyl groups excluding tert-OH is 1. The maximum Gasteiger partial charge on any atom is 0.162 e. The largest absolute Gasteiger partial charge is 0.507 e. The van der Waals surface area contributed by atoms with Gasteiger partial charge in [0.2, 0.25) is 0 Å². The molecule has 5 rings (SSSR count). The molecule has 34 heavy (non-hydrogen) atoms. The molecule has 4 nitrogen and oxygen atoms in total. The van der Waals surface area contributed by atoms with Crippen molar-refractivity contribution >= 4 is 46.0 Å². The van der Waals surface area contributed by atoms with Crippen molar-refractivity contribution in [1.82, 2.24) is 0 Å². The average molecular weight is 489 g/mol. The molecule has 6 heteroatoms. The second kappa shape index (κ2) is 8.57. The highest BCUT2D eigenvalue weighted by molar-refractivity contribution is 7.10. The molecule has 0 amide bonds. The van der Waals surface area contributed by atoms with Crippen molar-refractivity contribution in [3.05, 3.63) is 104 Å². The van der Waals surface area contributed by atoms with E-state index in [9.17, 15) is 15.3 Å². The number of nitrogens with one attached hydrogen (secondary N) is 1. The molecule has 0 saturated carbocycles. The highest BCUT2D eigenvalue weighted by atomic mass is 35.5. The number of Topliss-reactive ketones (excluding diaryl/α,β-unsaturated/α-hetero) is 1. The van der Waals surface area contributed by atoms with Gasteiger partial charge in [0.15, 0.2) is 5.78 Å². The van der Waals surface area contributed by atoms with Gasteiger partial charge in [0.05, 0.1) is 11.5 Å². The molecule has 2 heterocycles. The molecule has 3 aromatic rings. The topological polar surface area (TPSA) is 64.4 Å². The van der Waals surface area contributed by atoms with Crippen LogP contribution >= 0.6 is 22.9 Å². The number of carbonyl (C=O) groups excluding carboxylic acids is 1. The number of nitrogens with zero attached hydrogens (tertiary/aromatic N) is 1. The van der Waals surface area contributed by atoms with Crippen LogP contribution in [0.15, 0.2) is 89.0 Å². The Morgan fingerprint density at radius 1 is 1.09 bits per heavy atom. The maximum absolute atomic E-state index is 13.7. The van der Waals surface area contributed by atoms with Crippen molar-refractivity contribution in [1.29, 1.82) is 5.41 Å². The summed E-state index contributed by atoms with van der Waals surface area (Å²) in [5, 5.41) is 23.4. The first-order chi connectivity index (χ1) is 16.3. The summed E-state index contributed by atoms with van der Waals surface area (Å²) in [6.07, 6.45) is 1.06. The van der Waals surface area contributed by atoms with E-state index in [4.69, 9.17) is 11.6 Å². The van der Waals surface area contributed by atoms with Gasteiger partial charge in [0.1, 0.15) is 11.6 Å². The number of aliphatic hydroxyl groups is 1. The van der Waals surface area contributed by atoms with Gasteiger partial charge in [-0.1, -0.05) is 67.9 Å². The number of anilines is 1. The number of carbonyl (C=O) groups is 1. The lowest BCUT2D eigenvalue weighted by molar-refractivity contribution is -0.118. The molecule has 0 fully saturated rings. The van der Waals surface area contributed by atoms with Crippen molar-refractivity contribution in [2.24, 2.45) is 5.41 Å². The molecule has 1 aliphatic carbocycles. The van der Waals surface area contributed by atoms with E-state index >= 15 is 0 Å². The summed E-state index contributed by atoms with van der Waals surface area (Å²) in [5.74, 6) is -0.268. The van der Waals surface area contributed by atoms with Crippen molar-refractivity contribution < 1.29 is 9.90 Å². The van der Waals surface area contributed by atoms with E-state index in [0.29, 0.717) is 40.3 Å². The summed E-state index contributed by atoms with van der Waals surface area (Å²) in [6, 6.07) is 20.5. The fraction of sp³-hybridized carbons (Fsp3) is 0.214. The molecule has 1 unspecified atom stereocenters. The molecule has 172 valence electrons. The number of ketones is 1. The van der Waals surface area contributed by atoms with Gasteiger partial charge < -0.3 is 5.11 Å². The number of allylic oxidation sites excluding steroid dienone is 2. The van der Waals surface area contributed by atoms with Gasteiger partial charge in [0, 0.05) is 38.8 Å². The lowest BCUT2D eigenvalue weighted by Crippen LogP contribution is -2.45. The Kier molecular flexibility index (Phi) is 5.70. The van der Waals surface area contributed by atoms with Crippen LogP contribution in [0.1, 0.15) is 43.0 Å². The van der Waals surface area contributed by atoms with Crippen molar-refractivity contribution in [3.8, 4) is 0 Å². The second-order valence-corrected chi connectivity index (χ2v) is 11.0. The van der Waals surface area contributed by atoms with Gasteiger partial charge in [-0.2, -0.15) is 0 Å². The van der Waals surface area contributed by atoms with Gasteiger partial charge in [-0.15, -0.1) is 11.3 Å². The first-order valence-corrected chi connectivity index (χ1v) is 12.5. The minimum Gasteiger partial charge on any atom is -0.507 e. The van der Waals surface area contributed by atoms with Crippen LogP contribution < -0.4 is 4.90 Å². The van der Waals surface area contributed by atoms with E-state index in [1.165, 1.54) is 11.3 Å². The number of amidine groups is 1. The van der Waals surface area contributed by atoms with Gasteiger partial charge in [-0.25, -0.2) is 0 Å². The predicted molar refractivity (Wildman–Crippen MR) is 140 cm³/mol. The summed E-state index contributed by atoms with van der Waals surface area (Å²) in [7, 11) is 0. The monoisotopic (exact) mass is 488 g/mol. The SMILES string of the molecule is CC1(C)CC(=O)C2=C(C1)N(c1cccc(Cl)c1)C(=N)/C(=C(/O)c1ccccc1)C2c1cccs1. The lowest BCUT2D eigenvalue weighted by atomic mass is 9.68. The van der Waals surface area contributed by atoms with Crippen LogP contribution in [0, 0.1) is 10.8 Å². The van der Waals surface area contributed by atoms with Crippen molar-refractivity contribution in [3.63, 3.8) is 0 Å². The summed E-state index contributed by atoms with van der Waals surface area (Å²) in [5.41, 5.74) is 2.99. The number of hydrogen-bond donors (Lipinski definition) is 2. The third-order valence-electron chi connectivity index (χ3n) is 6.42. The number of thiophene rings is 1. The average Bonchev–Trinajstić information content (AvgIpc) is 3.32. The van der Waals surface area contributed by atoms with E-state index in [0.717, 1.165) is 10.6 Å². The smallest absolute Gasteiger partial charge is 0.162 e. The number of benzene rings is 2. The Hall–Kier alpha value is -3.15. The number of halogens is 1. The highest BCUT2D eigenvalue weighted by Crippen LogP contribution is 2.52. The zero-order valence-electron chi connectivity index (χ0n) is 19.0. The molecular formula is C28H25ClN2O2S. The fourth-order valence-electron chi connectivity index (χ4n) is 5.01. The maximum atomic E-state index is 13.7. The second-order valence-electron chi connectivity index (χ2n) is 9.54. The molecule has 1 atom stereocenters. The molecular weight excluding hydrogens is 464 g/mol. The predicted octanol–water partition coefficient (Wildman–Crippen LogP) is 7.60.